The molecule has 1 aliphatic heterocycles. The maximum absolute atomic E-state index is 14.1. The van der Waals surface area contributed by atoms with Crippen LogP contribution in [0.15, 0.2) is 96.6 Å². The summed E-state index contributed by atoms with van der Waals surface area (Å²) < 4.78 is 0. The third-order valence-corrected chi connectivity index (χ3v) is 12.9. The third kappa shape index (κ3) is 12.9. The van der Waals surface area contributed by atoms with Crippen LogP contribution in [0, 0.1) is 17.7 Å². The van der Waals surface area contributed by atoms with Crippen LogP contribution in [0.5, 0.6) is 5.75 Å². The Morgan fingerprint density at radius 2 is 1.65 bits per heavy atom. The van der Waals surface area contributed by atoms with E-state index in [4.69, 9.17) is 11.1 Å². The highest BCUT2D eigenvalue weighted by molar-refractivity contribution is 7.13. The summed E-state index contributed by atoms with van der Waals surface area (Å²) >= 11 is 1.57. The molecule has 3 aromatic carbocycles. The van der Waals surface area contributed by atoms with Crippen LogP contribution >= 0.6 is 11.3 Å². The molecule has 2 aromatic heterocycles. The van der Waals surface area contributed by atoms with Gasteiger partial charge in [-0.25, -0.2) is 4.98 Å². The number of allylic oxidation sites excluding steroid dienone is 1. The number of phenolic OH excluding ortho intramolecular Hbond substituents is 1. The molecule has 4 amide bonds. The number of hydrogen-bond acceptors (Lipinski definition) is 13. The van der Waals surface area contributed by atoms with E-state index < -0.39 is 35.6 Å². The first kappa shape index (κ1) is 50.4. The minimum absolute atomic E-state index is 0.0158. The summed E-state index contributed by atoms with van der Waals surface area (Å²) in [6.45, 7) is 9.78. The van der Waals surface area contributed by atoms with Crippen LogP contribution < -0.4 is 27.0 Å². The molecule has 0 bridgehead atoms. The van der Waals surface area contributed by atoms with E-state index in [2.05, 4.69) is 36.4 Å². The number of aromatic hydroxyl groups is 1. The van der Waals surface area contributed by atoms with Gasteiger partial charge in [0.15, 0.2) is 5.82 Å². The second-order valence-corrected chi connectivity index (χ2v) is 19.0. The van der Waals surface area contributed by atoms with E-state index in [1.54, 1.807) is 35.6 Å². The summed E-state index contributed by atoms with van der Waals surface area (Å²) in [5.41, 5.74) is 12.5. The van der Waals surface area contributed by atoms with Crippen molar-refractivity contribution in [1.29, 1.82) is 5.41 Å². The predicted octanol–water partition coefficient (Wildman–Crippen LogP) is 6.62. The maximum Gasteiger partial charge on any atom is 0.247 e. The van der Waals surface area contributed by atoms with Gasteiger partial charge in [-0.05, 0) is 67.0 Å². The number of aryl methyl sites for hydroxylation is 1. The Hall–Kier alpha value is -6.98. The van der Waals surface area contributed by atoms with Crippen molar-refractivity contribution in [3.63, 3.8) is 0 Å². The molecule has 9 N–H and O–H groups in total. The summed E-state index contributed by atoms with van der Waals surface area (Å²) in [6.07, 6.45) is 4.69. The number of para-hydroxylation sites is 1. The zero-order valence-corrected chi connectivity index (χ0v) is 40.0. The van der Waals surface area contributed by atoms with E-state index in [1.165, 1.54) is 17.2 Å². The van der Waals surface area contributed by atoms with Gasteiger partial charge in [0.2, 0.25) is 23.6 Å². The van der Waals surface area contributed by atoms with Crippen molar-refractivity contribution >= 4 is 52.6 Å². The number of nitrogens with zero attached hydrogens (tertiary/aromatic N) is 4. The normalized spacial score (nSPS) is 16.3. The van der Waals surface area contributed by atoms with Crippen LogP contribution in [0.3, 0.4) is 0 Å². The molecular formula is C51H62N10O6S. The molecule has 0 radical (unpaired) electrons. The molecule has 1 aliphatic rings. The molecule has 16 nitrogen and oxygen atoms in total. The maximum atomic E-state index is 14.1. The number of nitrogens with two attached hydrogens (primary N) is 1. The summed E-state index contributed by atoms with van der Waals surface area (Å²) in [4.78, 5) is 61.6. The number of unbranched alkanes of at least 4 members (excludes halogenated alkanes) is 3. The Morgan fingerprint density at radius 3 is 2.32 bits per heavy atom. The highest BCUT2D eigenvalue weighted by Crippen LogP contribution is 2.32. The molecular weight excluding hydrogens is 881 g/mol. The number of rotatable bonds is 20. The number of nitrogens with one attached hydrogen (secondary N) is 5. The van der Waals surface area contributed by atoms with E-state index >= 15 is 0 Å². The molecule has 5 atom stereocenters. The van der Waals surface area contributed by atoms with Gasteiger partial charge in [0, 0.05) is 55.0 Å². The molecule has 358 valence electrons. The minimum atomic E-state index is -0.929. The van der Waals surface area contributed by atoms with E-state index in [9.17, 15) is 29.4 Å². The number of thiazole rings is 1. The first-order chi connectivity index (χ1) is 32.5. The van der Waals surface area contributed by atoms with E-state index in [1.807, 2.05) is 94.7 Å². The number of anilines is 1. The standard InChI is InChI=1S/C51H62N10O6S/c1-31(33-20-22-35(23-21-33)45-32(2)56-30-68-45)57-48(65)41-25-37(62)29-61(41)50(67)46(51(3,4)5)58-43(64)19-11-6-7-14-24-54-49(66)44(34-15-9-8-10-16-34)55-28-36(27-52)39-26-40(59-60-47(39)53)38-17-12-13-18-42(38)63/h8-10,12-13,15-18,20-23,26-28,30-31,37,41,44,46,52,55,62-63H,6-7,11,14,19,24-25,29H2,1-5H3,(H2,53,60)(H,54,66)(H,57,65)(H,58,64)/b36-28+,52-27?/t31-,37+,41-,44?,46+/m0/s1. The number of aliphatic hydroxyl groups excluding tert-OH is 1. The Morgan fingerprint density at radius 1 is 0.941 bits per heavy atom. The molecule has 0 spiro atoms. The van der Waals surface area contributed by atoms with Crippen molar-refractivity contribution in [2.75, 3.05) is 18.8 Å². The molecule has 6 rings (SSSR count). The summed E-state index contributed by atoms with van der Waals surface area (Å²) in [7, 11) is 0. The number of benzene rings is 3. The molecule has 5 aromatic rings. The van der Waals surface area contributed by atoms with Crippen molar-refractivity contribution in [2.24, 2.45) is 5.41 Å². The fraction of sp³-hybridized carbons (Fsp3) is 0.373. The Labute approximate surface area is 401 Å². The summed E-state index contributed by atoms with van der Waals surface area (Å²) in [6, 6.07) is 22.4. The van der Waals surface area contributed by atoms with E-state index in [0.29, 0.717) is 53.8 Å². The number of nitrogen functional groups attached to an aromatic ring is 1. The van der Waals surface area contributed by atoms with Gasteiger partial charge in [-0.15, -0.1) is 21.5 Å². The lowest BCUT2D eigenvalue weighted by atomic mass is 9.85. The van der Waals surface area contributed by atoms with Crippen molar-refractivity contribution < 1.29 is 29.4 Å². The van der Waals surface area contributed by atoms with E-state index in [-0.39, 0.29) is 54.7 Å². The molecule has 3 heterocycles. The van der Waals surface area contributed by atoms with Crippen molar-refractivity contribution in [3.8, 4) is 27.4 Å². The Balaban J connectivity index is 0.976. The largest absolute Gasteiger partial charge is 0.507 e. The number of amides is 4. The number of aliphatic hydroxyl groups is 1. The fourth-order valence-corrected chi connectivity index (χ4v) is 8.93. The second-order valence-electron chi connectivity index (χ2n) is 18.1. The van der Waals surface area contributed by atoms with Crippen molar-refractivity contribution in [2.45, 2.75) is 103 Å². The molecule has 0 aliphatic carbocycles. The summed E-state index contributed by atoms with van der Waals surface area (Å²) in [5.74, 6) is -1.26. The van der Waals surface area contributed by atoms with Gasteiger partial charge < -0.3 is 47.5 Å². The first-order valence-electron chi connectivity index (χ1n) is 22.9. The number of phenols is 1. The smallest absolute Gasteiger partial charge is 0.247 e. The average molecular weight is 943 g/mol. The molecule has 0 saturated carbocycles. The Bertz CT molecular complexity index is 2580. The number of carbonyl (C=O) groups is 4. The molecule has 1 fully saturated rings. The second kappa shape index (κ2) is 23.2. The lowest BCUT2D eigenvalue weighted by Crippen LogP contribution is -2.57. The summed E-state index contributed by atoms with van der Waals surface area (Å²) in [5, 5.41) is 49.5. The topological polar surface area (TPSA) is 249 Å². The number of likely N-dealkylation sites (tertiary alicyclic amines) is 1. The van der Waals surface area contributed by atoms with Crippen LogP contribution in [-0.4, -0.2) is 91.4 Å². The van der Waals surface area contributed by atoms with Gasteiger partial charge >= 0.3 is 0 Å². The fourth-order valence-electron chi connectivity index (χ4n) is 8.12. The van der Waals surface area contributed by atoms with Crippen molar-refractivity contribution in [3.05, 3.63) is 119 Å². The number of carbonyl (C=O) groups excluding carboxylic acids is 4. The van der Waals surface area contributed by atoms with Gasteiger partial charge in [-0.2, -0.15) is 0 Å². The van der Waals surface area contributed by atoms with Gasteiger partial charge in [0.1, 0.15) is 23.9 Å². The van der Waals surface area contributed by atoms with Crippen molar-refractivity contribution in [1.82, 2.24) is 41.3 Å². The number of β-amino-alcohol motifs (C(OH)–C–C–N with tert-alkyl or cyclic N) is 1. The van der Waals surface area contributed by atoms with Gasteiger partial charge in [0.05, 0.1) is 33.9 Å². The highest BCUT2D eigenvalue weighted by atomic mass is 32.1. The van der Waals surface area contributed by atoms with Gasteiger partial charge in [0.25, 0.3) is 0 Å². The zero-order valence-electron chi connectivity index (χ0n) is 39.2. The predicted molar refractivity (Wildman–Crippen MR) is 265 cm³/mol. The number of aromatic nitrogens is 3. The monoisotopic (exact) mass is 942 g/mol. The van der Waals surface area contributed by atoms with E-state index in [0.717, 1.165) is 34.3 Å². The van der Waals surface area contributed by atoms with Gasteiger partial charge in [-0.3, -0.25) is 19.2 Å². The average Bonchev–Trinajstić information content (AvgIpc) is 3.94. The molecule has 1 saturated heterocycles. The molecule has 1 unspecified atom stereocenters. The van der Waals surface area contributed by atoms with Crippen LogP contribution in [0.1, 0.15) is 101 Å². The Kier molecular flexibility index (Phi) is 17.2. The molecule has 17 heteroatoms. The SMILES string of the molecule is Cc1ncsc1-c1ccc([C@H](C)NC(=O)[C@@H]2C[C@@H](O)CN2C(=O)[C@@H](NC(=O)CCCCCCNC(=O)C(N/C=C(\C=N)c2cc(-c3ccccc3O)nnc2N)c2ccccc2)C(C)(C)C)cc1. The first-order valence-corrected chi connectivity index (χ1v) is 23.7. The van der Waals surface area contributed by atoms with Crippen LogP contribution in [0.2, 0.25) is 0 Å². The van der Waals surface area contributed by atoms with Crippen LogP contribution in [-0.2, 0) is 19.2 Å². The van der Waals surface area contributed by atoms with Gasteiger partial charge in [-0.1, -0.05) is 100 Å². The number of hydrogen-bond donors (Lipinski definition) is 8. The van der Waals surface area contributed by atoms with Crippen LogP contribution in [0.4, 0.5) is 5.82 Å². The van der Waals surface area contributed by atoms with Crippen LogP contribution in [0.25, 0.3) is 27.3 Å². The minimum Gasteiger partial charge on any atom is -0.507 e. The highest BCUT2D eigenvalue weighted by Gasteiger charge is 2.44. The lowest BCUT2D eigenvalue weighted by Gasteiger charge is -2.35. The third-order valence-electron chi connectivity index (χ3n) is 12.0. The zero-order chi connectivity index (χ0) is 49.0. The molecule has 68 heavy (non-hydrogen) atoms. The lowest BCUT2D eigenvalue weighted by molar-refractivity contribution is -0.144. The quantitative estimate of drug-likeness (QED) is 0.0304.